The van der Waals surface area contributed by atoms with Crippen molar-refractivity contribution in [2.45, 2.75) is 25.1 Å². The van der Waals surface area contributed by atoms with Crippen LogP contribution in [0.5, 0.6) is 5.75 Å². The highest BCUT2D eigenvalue weighted by Crippen LogP contribution is 2.36. The molecular weight excluding hydrogens is 491 g/mol. The number of rotatable bonds is 8. The van der Waals surface area contributed by atoms with Gasteiger partial charge >= 0.3 is 6.18 Å². The molecule has 2 aromatic carbocycles. The molecule has 0 bridgehead atoms. The minimum Gasteiger partial charge on any atom is -0.491 e. The standard InChI is InChI=1S/C27H27ClF3N3O2/c28-21-10-8-19(9-11-21)25(23-6-3-4-14-33-23)34(26(35)20-12-15-32-16-13-20)17-18-36-24-7-2-1-5-22(24)27(29,30)31/h1-11,14,20,25,32H,12-13,15-18H2. The van der Waals surface area contributed by atoms with Gasteiger partial charge in [-0.2, -0.15) is 13.2 Å². The van der Waals surface area contributed by atoms with Gasteiger partial charge in [-0.05, 0) is 67.9 Å². The summed E-state index contributed by atoms with van der Waals surface area (Å²) in [6.45, 7) is 1.43. The molecule has 1 atom stereocenters. The topological polar surface area (TPSA) is 54.5 Å². The molecule has 3 aromatic rings. The number of nitrogens with one attached hydrogen (secondary N) is 1. The maximum absolute atomic E-state index is 13.8. The molecule has 5 nitrogen and oxygen atoms in total. The van der Waals surface area contributed by atoms with Crippen LogP contribution in [-0.4, -0.2) is 42.0 Å². The van der Waals surface area contributed by atoms with Crippen LogP contribution in [0.3, 0.4) is 0 Å². The molecule has 1 aliphatic heterocycles. The smallest absolute Gasteiger partial charge is 0.419 e. The molecule has 0 radical (unpaired) electrons. The number of alkyl halides is 3. The number of piperidine rings is 1. The van der Waals surface area contributed by atoms with Crippen LogP contribution >= 0.6 is 11.6 Å². The molecule has 4 rings (SSSR count). The molecule has 1 aliphatic rings. The third kappa shape index (κ3) is 6.36. The van der Waals surface area contributed by atoms with Crippen molar-refractivity contribution < 1.29 is 22.7 Å². The van der Waals surface area contributed by atoms with Gasteiger partial charge in [0.15, 0.2) is 0 Å². The monoisotopic (exact) mass is 517 g/mol. The predicted molar refractivity (Wildman–Crippen MR) is 132 cm³/mol. The van der Waals surface area contributed by atoms with Crippen molar-refractivity contribution in [3.63, 3.8) is 0 Å². The Balaban J connectivity index is 1.65. The number of benzene rings is 2. The van der Waals surface area contributed by atoms with Crippen molar-refractivity contribution in [3.05, 3.63) is 94.8 Å². The Bertz CT molecular complexity index is 1140. The highest BCUT2D eigenvalue weighted by Gasteiger charge is 2.35. The van der Waals surface area contributed by atoms with Crippen molar-refractivity contribution in [2.75, 3.05) is 26.2 Å². The van der Waals surface area contributed by atoms with E-state index in [9.17, 15) is 18.0 Å². The van der Waals surface area contributed by atoms with Crippen LogP contribution in [0.1, 0.15) is 35.7 Å². The van der Waals surface area contributed by atoms with E-state index in [2.05, 4.69) is 10.3 Å². The number of ether oxygens (including phenoxy) is 1. The van der Waals surface area contributed by atoms with E-state index in [4.69, 9.17) is 16.3 Å². The number of hydrogen-bond donors (Lipinski definition) is 1. The first-order valence-corrected chi connectivity index (χ1v) is 12.2. The van der Waals surface area contributed by atoms with E-state index in [1.54, 1.807) is 29.3 Å². The van der Waals surface area contributed by atoms with Crippen LogP contribution in [0.4, 0.5) is 13.2 Å². The van der Waals surface area contributed by atoms with Crippen LogP contribution in [0.2, 0.25) is 5.02 Å². The fourth-order valence-electron chi connectivity index (χ4n) is 4.44. The Morgan fingerprint density at radius 3 is 2.42 bits per heavy atom. The lowest BCUT2D eigenvalue weighted by molar-refractivity contribution is -0.141. The third-order valence-corrected chi connectivity index (χ3v) is 6.47. The van der Waals surface area contributed by atoms with E-state index in [1.807, 2.05) is 24.3 Å². The molecule has 0 spiro atoms. The summed E-state index contributed by atoms with van der Waals surface area (Å²) in [7, 11) is 0. The van der Waals surface area contributed by atoms with E-state index in [0.29, 0.717) is 23.6 Å². The summed E-state index contributed by atoms with van der Waals surface area (Å²) in [5, 5.41) is 3.82. The Kier molecular flexibility index (Phi) is 8.48. The van der Waals surface area contributed by atoms with Crippen LogP contribution in [0.25, 0.3) is 0 Å². The van der Waals surface area contributed by atoms with Crippen molar-refractivity contribution in [1.29, 1.82) is 0 Å². The maximum atomic E-state index is 13.8. The normalized spacial score (nSPS) is 15.3. The van der Waals surface area contributed by atoms with Crippen LogP contribution in [0.15, 0.2) is 72.9 Å². The Labute approximate surface area is 213 Å². The summed E-state index contributed by atoms with van der Waals surface area (Å²) < 4.78 is 45.9. The fourth-order valence-corrected chi connectivity index (χ4v) is 4.57. The molecule has 1 N–H and O–H groups in total. The molecular formula is C27H27ClF3N3O2. The number of carbonyl (C=O) groups excluding carboxylic acids is 1. The number of carbonyl (C=O) groups is 1. The molecule has 1 unspecified atom stereocenters. The molecule has 9 heteroatoms. The summed E-state index contributed by atoms with van der Waals surface area (Å²) in [6.07, 6.45) is -1.52. The van der Waals surface area contributed by atoms with Gasteiger partial charge in [-0.25, -0.2) is 0 Å². The number of pyridine rings is 1. The zero-order chi connectivity index (χ0) is 25.5. The number of aromatic nitrogens is 1. The predicted octanol–water partition coefficient (Wildman–Crippen LogP) is 5.75. The summed E-state index contributed by atoms with van der Waals surface area (Å²) in [5.74, 6) is -0.540. The molecule has 0 saturated carbocycles. The second-order valence-corrected chi connectivity index (χ2v) is 9.04. The second-order valence-electron chi connectivity index (χ2n) is 8.61. The van der Waals surface area contributed by atoms with E-state index >= 15 is 0 Å². The number of para-hydroxylation sites is 1. The van der Waals surface area contributed by atoms with Crippen molar-refractivity contribution >= 4 is 17.5 Å². The van der Waals surface area contributed by atoms with Gasteiger partial charge in [0.1, 0.15) is 12.4 Å². The fraction of sp³-hybridized carbons (Fsp3) is 0.333. The first-order valence-electron chi connectivity index (χ1n) is 11.8. The van der Waals surface area contributed by atoms with Gasteiger partial charge in [0.2, 0.25) is 5.91 Å². The molecule has 1 fully saturated rings. The van der Waals surface area contributed by atoms with Gasteiger partial charge in [0.05, 0.1) is 23.8 Å². The summed E-state index contributed by atoms with van der Waals surface area (Å²) in [5.41, 5.74) is 0.606. The van der Waals surface area contributed by atoms with Crippen LogP contribution in [0, 0.1) is 5.92 Å². The minimum absolute atomic E-state index is 0.0743. The number of hydrogen-bond acceptors (Lipinski definition) is 4. The van der Waals surface area contributed by atoms with E-state index < -0.39 is 17.8 Å². The SMILES string of the molecule is O=C(C1CCNCC1)N(CCOc1ccccc1C(F)(F)F)C(c1ccc(Cl)cc1)c1ccccn1. The van der Waals surface area contributed by atoms with Gasteiger partial charge in [0.25, 0.3) is 0 Å². The number of nitrogens with zero attached hydrogens (tertiary/aromatic N) is 2. The highest BCUT2D eigenvalue weighted by molar-refractivity contribution is 6.30. The maximum Gasteiger partial charge on any atom is 0.419 e. The molecule has 2 heterocycles. The van der Waals surface area contributed by atoms with Gasteiger partial charge in [-0.1, -0.05) is 41.9 Å². The largest absolute Gasteiger partial charge is 0.491 e. The van der Waals surface area contributed by atoms with Gasteiger partial charge < -0.3 is 15.0 Å². The first-order chi connectivity index (χ1) is 17.3. The van der Waals surface area contributed by atoms with Crippen molar-refractivity contribution in [2.24, 2.45) is 5.92 Å². The van der Waals surface area contributed by atoms with Crippen LogP contribution in [-0.2, 0) is 11.0 Å². The van der Waals surface area contributed by atoms with Gasteiger partial charge in [-0.15, -0.1) is 0 Å². The van der Waals surface area contributed by atoms with Gasteiger partial charge in [0, 0.05) is 17.1 Å². The third-order valence-electron chi connectivity index (χ3n) is 6.22. The van der Waals surface area contributed by atoms with Crippen molar-refractivity contribution in [1.82, 2.24) is 15.2 Å². The lowest BCUT2D eigenvalue weighted by Crippen LogP contribution is -2.45. The molecule has 1 amide bonds. The summed E-state index contributed by atoms with van der Waals surface area (Å²) in [6, 6.07) is 17.2. The quantitative estimate of drug-likeness (QED) is 0.413. The zero-order valence-electron chi connectivity index (χ0n) is 19.5. The van der Waals surface area contributed by atoms with E-state index in [1.165, 1.54) is 18.2 Å². The Morgan fingerprint density at radius 2 is 1.75 bits per heavy atom. The second kappa shape index (κ2) is 11.8. The van der Waals surface area contributed by atoms with Gasteiger partial charge in [-0.3, -0.25) is 9.78 Å². The minimum atomic E-state index is -4.54. The number of amides is 1. The lowest BCUT2D eigenvalue weighted by Gasteiger charge is -2.36. The molecule has 0 aliphatic carbocycles. The van der Waals surface area contributed by atoms with E-state index in [0.717, 1.165) is 24.7 Å². The zero-order valence-corrected chi connectivity index (χ0v) is 20.3. The average Bonchev–Trinajstić information content (AvgIpc) is 2.89. The molecule has 1 aromatic heterocycles. The molecule has 190 valence electrons. The average molecular weight is 518 g/mol. The molecule has 1 saturated heterocycles. The van der Waals surface area contributed by atoms with E-state index in [-0.39, 0.29) is 30.7 Å². The summed E-state index contributed by atoms with van der Waals surface area (Å²) in [4.78, 5) is 20.0. The lowest BCUT2D eigenvalue weighted by atomic mass is 9.93. The van der Waals surface area contributed by atoms with Crippen LogP contribution < -0.4 is 10.1 Å². The Hall–Kier alpha value is -3.10. The summed E-state index contributed by atoms with van der Waals surface area (Å²) >= 11 is 6.11. The number of halogens is 4. The molecule has 36 heavy (non-hydrogen) atoms. The van der Waals surface area contributed by atoms with Crippen molar-refractivity contribution in [3.8, 4) is 5.75 Å². The highest BCUT2D eigenvalue weighted by atomic mass is 35.5. The Morgan fingerprint density at radius 1 is 1.06 bits per heavy atom. The first kappa shape index (κ1) is 26.0.